The highest BCUT2D eigenvalue weighted by atomic mass is 79.9. The number of nitrogens with zero attached hydrogens (tertiary/aromatic N) is 1. The summed E-state index contributed by atoms with van der Waals surface area (Å²) in [5.74, 6) is -2.11. The van der Waals surface area contributed by atoms with Gasteiger partial charge < -0.3 is 5.11 Å². The van der Waals surface area contributed by atoms with Gasteiger partial charge in [0.15, 0.2) is 0 Å². The van der Waals surface area contributed by atoms with E-state index in [0.717, 1.165) is 6.07 Å². The first-order valence-corrected chi connectivity index (χ1v) is 4.55. The normalized spacial score (nSPS) is 10.0. The fourth-order valence-corrected chi connectivity index (χ4v) is 1.58. The van der Waals surface area contributed by atoms with Gasteiger partial charge in [0.2, 0.25) is 0 Å². The summed E-state index contributed by atoms with van der Waals surface area (Å²) in [5, 5.41) is 18.8. The zero-order chi connectivity index (χ0) is 11.6. The van der Waals surface area contributed by atoms with Crippen LogP contribution in [0.3, 0.4) is 0 Å². The van der Waals surface area contributed by atoms with Crippen molar-refractivity contribution in [1.82, 2.24) is 0 Å². The predicted octanol–water partition coefficient (Wildman–Crippen LogP) is 2.12. The number of benzene rings is 1. The highest BCUT2D eigenvalue weighted by Gasteiger charge is 2.17. The van der Waals surface area contributed by atoms with Crippen LogP contribution in [0.1, 0.15) is 5.56 Å². The van der Waals surface area contributed by atoms with Gasteiger partial charge in [-0.05, 0) is 0 Å². The monoisotopic (exact) mass is 277 g/mol. The number of nitro benzene ring substituents is 1. The summed E-state index contributed by atoms with van der Waals surface area (Å²) in [6.07, 6.45) is -0.523. The molecule has 0 aliphatic carbocycles. The van der Waals surface area contributed by atoms with Crippen molar-refractivity contribution in [3.63, 3.8) is 0 Å². The average molecular weight is 278 g/mol. The van der Waals surface area contributed by atoms with Crippen molar-refractivity contribution in [2.24, 2.45) is 0 Å². The smallest absolute Gasteiger partial charge is 0.307 e. The summed E-state index contributed by atoms with van der Waals surface area (Å²) in [5.41, 5.74) is -0.526. The van der Waals surface area contributed by atoms with Crippen molar-refractivity contribution in [3.05, 3.63) is 38.1 Å². The summed E-state index contributed by atoms with van der Waals surface area (Å²) >= 11 is 2.89. The molecule has 0 amide bonds. The molecule has 0 heterocycles. The molecule has 0 saturated heterocycles. The van der Waals surface area contributed by atoms with E-state index in [0.29, 0.717) is 6.07 Å². The van der Waals surface area contributed by atoms with Gasteiger partial charge in [0.1, 0.15) is 5.82 Å². The van der Waals surface area contributed by atoms with E-state index in [-0.39, 0.29) is 10.0 Å². The zero-order valence-corrected chi connectivity index (χ0v) is 8.82. The Morgan fingerprint density at radius 3 is 2.60 bits per heavy atom. The lowest BCUT2D eigenvalue weighted by molar-refractivity contribution is -0.385. The van der Waals surface area contributed by atoms with Gasteiger partial charge in [-0.1, -0.05) is 15.9 Å². The lowest BCUT2D eigenvalue weighted by Crippen LogP contribution is -2.04. The van der Waals surface area contributed by atoms with Crippen LogP contribution in [-0.4, -0.2) is 16.0 Å². The number of rotatable bonds is 3. The Bertz CT molecular complexity index is 412. The molecule has 0 bridgehead atoms. The third-order valence-corrected chi connectivity index (χ3v) is 2.37. The molecule has 0 spiro atoms. The van der Waals surface area contributed by atoms with E-state index in [9.17, 15) is 19.3 Å². The number of non-ortho nitro benzene ring substituents is 1. The average Bonchev–Trinajstić information content (AvgIpc) is 2.10. The zero-order valence-electron chi connectivity index (χ0n) is 7.24. The van der Waals surface area contributed by atoms with Crippen molar-refractivity contribution in [2.75, 3.05) is 0 Å². The van der Waals surface area contributed by atoms with Gasteiger partial charge in [0.25, 0.3) is 5.69 Å². The number of aliphatic carboxylic acids is 1. The van der Waals surface area contributed by atoms with Gasteiger partial charge in [0, 0.05) is 16.1 Å². The maximum atomic E-state index is 13.2. The second kappa shape index (κ2) is 4.35. The standard InChI is InChI=1S/C8H5BrFNO4/c9-6-1-4(11(14)15)2-7(10)5(6)3-8(12)13/h1-2H,3H2,(H,12,13). The number of carboxylic acids is 1. The maximum Gasteiger partial charge on any atom is 0.307 e. The number of hydrogen-bond acceptors (Lipinski definition) is 3. The van der Waals surface area contributed by atoms with E-state index in [1.165, 1.54) is 0 Å². The summed E-state index contributed by atoms with van der Waals surface area (Å²) in [7, 11) is 0. The van der Waals surface area contributed by atoms with Crippen LogP contribution >= 0.6 is 15.9 Å². The third-order valence-electron chi connectivity index (χ3n) is 1.66. The first kappa shape index (κ1) is 11.6. The molecule has 0 fully saturated rings. The van der Waals surface area contributed by atoms with Gasteiger partial charge in [-0.2, -0.15) is 0 Å². The number of carbonyl (C=O) groups is 1. The molecule has 1 N–H and O–H groups in total. The second-order valence-electron chi connectivity index (χ2n) is 2.72. The van der Waals surface area contributed by atoms with Crippen molar-refractivity contribution >= 4 is 27.6 Å². The Morgan fingerprint density at radius 1 is 1.60 bits per heavy atom. The van der Waals surface area contributed by atoms with E-state index in [1.807, 2.05) is 0 Å². The number of carboxylic acid groups (broad SMARTS) is 1. The second-order valence-corrected chi connectivity index (χ2v) is 3.57. The van der Waals surface area contributed by atoms with Crippen molar-refractivity contribution in [3.8, 4) is 0 Å². The maximum absolute atomic E-state index is 13.2. The van der Waals surface area contributed by atoms with Crippen molar-refractivity contribution in [2.45, 2.75) is 6.42 Å². The largest absolute Gasteiger partial charge is 0.481 e. The van der Waals surface area contributed by atoms with Crippen molar-refractivity contribution < 1.29 is 19.2 Å². The fourth-order valence-electron chi connectivity index (χ4n) is 1.02. The quantitative estimate of drug-likeness (QED) is 0.678. The number of hydrogen-bond donors (Lipinski definition) is 1. The molecule has 0 saturated carbocycles. The van der Waals surface area contributed by atoms with Crippen LogP contribution in [0.2, 0.25) is 0 Å². The molecular weight excluding hydrogens is 273 g/mol. The predicted molar refractivity (Wildman–Crippen MR) is 52.1 cm³/mol. The number of nitro groups is 1. The minimum Gasteiger partial charge on any atom is -0.481 e. The molecule has 0 atom stereocenters. The Kier molecular flexibility index (Phi) is 3.35. The summed E-state index contributed by atoms with van der Waals surface area (Å²) in [6.45, 7) is 0. The molecule has 0 aromatic heterocycles. The summed E-state index contributed by atoms with van der Waals surface area (Å²) in [6, 6.07) is 1.77. The minimum absolute atomic E-state index is 0.0802. The summed E-state index contributed by atoms with van der Waals surface area (Å²) in [4.78, 5) is 20.0. The van der Waals surface area contributed by atoms with Crippen LogP contribution < -0.4 is 0 Å². The Morgan fingerprint density at radius 2 is 2.20 bits per heavy atom. The molecular formula is C8H5BrFNO4. The molecule has 0 radical (unpaired) electrons. The molecule has 1 aromatic rings. The molecule has 0 unspecified atom stereocenters. The SMILES string of the molecule is O=C(O)Cc1c(F)cc([N+](=O)[O-])cc1Br. The van der Waals surface area contributed by atoms with Crippen LogP contribution in [0, 0.1) is 15.9 Å². The molecule has 5 nitrogen and oxygen atoms in total. The lowest BCUT2D eigenvalue weighted by Gasteiger charge is -2.02. The Balaban J connectivity index is 3.21. The lowest BCUT2D eigenvalue weighted by atomic mass is 10.1. The first-order chi connectivity index (χ1) is 6.91. The van der Waals surface area contributed by atoms with Crippen LogP contribution in [0.25, 0.3) is 0 Å². The van der Waals surface area contributed by atoms with Gasteiger partial charge in [-0.25, -0.2) is 4.39 Å². The summed E-state index contributed by atoms with van der Waals surface area (Å²) < 4.78 is 13.3. The minimum atomic E-state index is -1.21. The van der Waals surface area contributed by atoms with Crippen LogP contribution in [0.5, 0.6) is 0 Å². The van der Waals surface area contributed by atoms with Crippen molar-refractivity contribution in [1.29, 1.82) is 0 Å². The molecule has 0 aliphatic rings. The van der Waals surface area contributed by atoms with E-state index in [1.54, 1.807) is 0 Å². The van der Waals surface area contributed by atoms with Gasteiger partial charge >= 0.3 is 5.97 Å². The van der Waals surface area contributed by atoms with E-state index < -0.39 is 28.8 Å². The molecule has 7 heteroatoms. The van der Waals surface area contributed by atoms with E-state index >= 15 is 0 Å². The first-order valence-electron chi connectivity index (χ1n) is 3.76. The van der Waals surface area contributed by atoms with Gasteiger partial charge in [-0.3, -0.25) is 14.9 Å². The highest BCUT2D eigenvalue weighted by Crippen LogP contribution is 2.26. The number of halogens is 2. The molecule has 0 aliphatic heterocycles. The van der Waals surface area contributed by atoms with Crippen LogP contribution in [-0.2, 0) is 11.2 Å². The highest BCUT2D eigenvalue weighted by molar-refractivity contribution is 9.10. The molecule has 1 aromatic carbocycles. The molecule has 1 rings (SSSR count). The Labute approximate surface area is 91.8 Å². The van der Waals surface area contributed by atoms with E-state index in [4.69, 9.17) is 5.11 Å². The Hall–Kier alpha value is -1.50. The fraction of sp³-hybridized carbons (Fsp3) is 0.125. The topological polar surface area (TPSA) is 80.4 Å². The third kappa shape index (κ3) is 2.72. The molecule has 80 valence electrons. The van der Waals surface area contributed by atoms with Gasteiger partial charge in [-0.15, -0.1) is 0 Å². The van der Waals surface area contributed by atoms with Gasteiger partial charge in [0.05, 0.1) is 17.4 Å². The van der Waals surface area contributed by atoms with E-state index in [2.05, 4.69) is 15.9 Å². The van der Waals surface area contributed by atoms with Crippen LogP contribution in [0.15, 0.2) is 16.6 Å². The molecule has 15 heavy (non-hydrogen) atoms. The van der Waals surface area contributed by atoms with Crippen LogP contribution in [0.4, 0.5) is 10.1 Å².